The van der Waals surface area contributed by atoms with Crippen molar-refractivity contribution in [2.45, 2.75) is 12.5 Å². The van der Waals surface area contributed by atoms with Crippen LogP contribution in [0.1, 0.15) is 15.9 Å². The summed E-state index contributed by atoms with van der Waals surface area (Å²) in [6.45, 7) is 0. The van der Waals surface area contributed by atoms with Gasteiger partial charge in [0.1, 0.15) is 5.75 Å². The number of nitrogens with two attached hydrogens (primary N) is 1. The van der Waals surface area contributed by atoms with E-state index in [9.17, 15) is 9.59 Å². The quantitative estimate of drug-likeness (QED) is 0.899. The van der Waals surface area contributed by atoms with Crippen molar-refractivity contribution in [3.05, 3.63) is 59.7 Å². The second kappa shape index (κ2) is 5.28. The van der Waals surface area contributed by atoms with Gasteiger partial charge in [-0.15, -0.1) is 0 Å². The third-order valence-corrected chi connectivity index (χ3v) is 3.35. The van der Waals surface area contributed by atoms with Crippen LogP contribution >= 0.6 is 0 Å². The Bertz CT molecular complexity index is 687. The number of para-hydroxylation sites is 1. The van der Waals surface area contributed by atoms with Crippen molar-refractivity contribution in [2.24, 2.45) is 5.73 Å². The molecule has 0 aliphatic carbocycles. The van der Waals surface area contributed by atoms with Crippen molar-refractivity contribution < 1.29 is 14.3 Å². The predicted octanol–water partition coefficient (Wildman–Crippen LogP) is 1.73. The number of hydrogen-bond acceptors (Lipinski definition) is 3. The SMILES string of the molecule is NC(=O)c1cccc(NC(=O)[C@@H]2Cc3ccccc3O2)c1. The molecule has 1 aliphatic heterocycles. The Hall–Kier alpha value is -2.82. The lowest BCUT2D eigenvalue weighted by Crippen LogP contribution is -2.31. The Labute approximate surface area is 121 Å². The molecule has 1 atom stereocenters. The molecule has 1 heterocycles. The van der Waals surface area contributed by atoms with E-state index in [1.807, 2.05) is 24.3 Å². The molecule has 2 aromatic carbocycles. The number of hydrogen-bond donors (Lipinski definition) is 2. The first-order valence-corrected chi connectivity index (χ1v) is 6.59. The van der Waals surface area contributed by atoms with E-state index in [2.05, 4.69) is 5.32 Å². The molecular weight excluding hydrogens is 268 g/mol. The number of carbonyl (C=O) groups is 2. The van der Waals surface area contributed by atoms with Crippen LogP contribution in [-0.4, -0.2) is 17.9 Å². The molecule has 21 heavy (non-hydrogen) atoms. The molecule has 0 saturated heterocycles. The number of anilines is 1. The molecule has 5 nitrogen and oxygen atoms in total. The predicted molar refractivity (Wildman–Crippen MR) is 78.2 cm³/mol. The maximum atomic E-state index is 12.2. The number of ether oxygens (including phenoxy) is 1. The largest absolute Gasteiger partial charge is 0.480 e. The maximum Gasteiger partial charge on any atom is 0.265 e. The van der Waals surface area contributed by atoms with Crippen LogP contribution in [0.5, 0.6) is 5.75 Å². The molecule has 0 aromatic heterocycles. The Balaban J connectivity index is 1.71. The molecule has 0 radical (unpaired) electrons. The summed E-state index contributed by atoms with van der Waals surface area (Å²) in [5.41, 5.74) is 7.11. The molecule has 5 heteroatoms. The first-order valence-electron chi connectivity index (χ1n) is 6.59. The Morgan fingerprint density at radius 1 is 1.14 bits per heavy atom. The average molecular weight is 282 g/mol. The Morgan fingerprint density at radius 3 is 2.71 bits per heavy atom. The van der Waals surface area contributed by atoms with Crippen LogP contribution < -0.4 is 15.8 Å². The van der Waals surface area contributed by atoms with Gasteiger partial charge < -0.3 is 15.8 Å². The molecule has 0 bridgehead atoms. The second-order valence-corrected chi connectivity index (χ2v) is 4.85. The van der Waals surface area contributed by atoms with E-state index in [1.54, 1.807) is 24.3 Å². The number of carbonyl (C=O) groups excluding carboxylic acids is 2. The lowest BCUT2D eigenvalue weighted by Gasteiger charge is -2.11. The zero-order valence-electron chi connectivity index (χ0n) is 11.2. The first-order chi connectivity index (χ1) is 10.1. The van der Waals surface area contributed by atoms with E-state index in [0.717, 1.165) is 11.3 Å². The van der Waals surface area contributed by atoms with Gasteiger partial charge in [0.2, 0.25) is 5.91 Å². The number of fused-ring (bicyclic) bond motifs is 1. The van der Waals surface area contributed by atoms with Crippen molar-refractivity contribution >= 4 is 17.5 Å². The highest BCUT2D eigenvalue weighted by atomic mass is 16.5. The summed E-state index contributed by atoms with van der Waals surface area (Å²) in [6.07, 6.45) is -0.0167. The molecule has 106 valence electrons. The minimum absolute atomic E-state index is 0.243. The average Bonchev–Trinajstić information content (AvgIpc) is 2.91. The van der Waals surface area contributed by atoms with Gasteiger partial charge in [-0.1, -0.05) is 24.3 Å². The van der Waals surface area contributed by atoms with Crippen molar-refractivity contribution in [3.63, 3.8) is 0 Å². The fourth-order valence-corrected chi connectivity index (χ4v) is 2.30. The third kappa shape index (κ3) is 2.72. The lowest BCUT2D eigenvalue weighted by atomic mass is 10.1. The van der Waals surface area contributed by atoms with Gasteiger partial charge in [0, 0.05) is 17.7 Å². The normalized spacial score (nSPS) is 15.9. The van der Waals surface area contributed by atoms with Gasteiger partial charge in [-0.2, -0.15) is 0 Å². The summed E-state index contributed by atoms with van der Waals surface area (Å²) in [5.74, 6) is -0.0352. The number of primary amides is 1. The standard InChI is InChI=1S/C16H14N2O3/c17-15(19)11-5-3-6-12(8-11)18-16(20)14-9-10-4-1-2-7-13(10)21-14/h1-8,14H,9H2,(H2,17,19)(H,18,20)/t14-/m0/s1. The molecule has 3 N–H and O–H groups in total. The second-order valence-electron chi connectivity index (χ2n) is 4.85. The Kier molecular flexibility index (Phi) is 3.31. The molecule has 2 amide bonds. The number of amides is 2. The van der Waals surface area contributed by atoms with E-state index in [1.165, 1.54) is 0 Å². The maximum absolute atomic E-state index is 12.2. The molecule has 0 fully saturated rings. The van der Waals surface area contributed by atoms with Gasteiger partial charge in [0.15, 0.2) is 6.10 Å². The van der Waals surface area contributed by atoms with E-state index in [0.29, 0.717) is 17.7 Å². The highest BCUT2D eigenvalue weighted by Crippen LogP contribution is 2.28. The zero-order chi connectivity index (χ0) is 14.8. The van der Waals surface area contributed by atoms with E-state index < -0.39 is 12.0 Å². The highest BCUT2D eigenvalue weighted by Gasteiger charge is 2.28. The first kappa shape index (κ1) is 13.2. The minimum Gasteiger partial charge on any atom is -0.480 e. The van der Waals surface area contributed by atoms with Gasteiger partial charge in [0.05, 0.1) is 0 Å². The third-order valence-electron chi connectivity index (χ3n) is 3.35. The van der Waals surface area contributed by atoms with Crippen LogP contribution in [0.3, 0.4) is 0 Å². The van der Waals surface area contributed by atoms with Gasteiger partial charge in [-0.25, -0.2) is 0 Å². The lowest BCUT2D eigenvalue weighted by molar-refractivity contribution is -0.122. The molecule has 1 aliphatic rings. The molecule has 0 unspecified atom stereocenters. The minimum atomic E-state index is -0.556. The number of rotatable bonds is 3. The van der Waals surface area contributed by atoms with Crippen molar-refractivity contribution in [1.82, 2.24) is 0 Å². The van der Waals surface area contributed by atoms with Gasteiger partial charge in [-0.05, 0) is 29.8 Å². The van der Waals surface area contributed by atoms with Gasteiger partial charge in [-0.3, -0.25) is 9.59 Å². The van der Waals surface area contributed by atoms with Gasteiger partial charge >= 0.3 is 0 Å². The summed E-state index contributed by atoms with van der Waals surface area (Å²) >= 11 is 0. The summed E-state index contributed by atoms with van der Waals surface area (Å²) in [7, 11) is 0. The van der Waals surface area contributed by atoms with Crippen molar-refractivity contribution in [2.75, 3.05) is 5.32 Å². The monoisotopic (exact) mass is 282 g/mol. The summed E-state index contributed by atoms with van der Waals surface area (Å²) in [6, 6.07) is 14.1. The molecule has 0 saturated carbocycles. The van der Waals surface area contributed by atoms with Gasteiger partial charge in [0.25, 0.3) is 5.91 Å². The molecule has 0 spiro atoms. The summed E-state index contributed by atoms with van der Waals surface area (Å²) in [5, 5.41) is 2.74. The number of nitrogens with one attached hydrogen (secondary N) is 1. The van der Waals surface area contributed by atoms with Crippen LogP contribution in [0.15, 0.2) is 48.5 Å². The van der Waals surface area contributed by atoms with Crippen molar-refractivity contribution in [3.8, 4) is 5.75 Å². The van der Waals surface area contributed by atoms with Crippen LogP contribution in [0.25, 0.3) is 0 Å². The van der Waals surface area contributed by atoms with Crippen LogP contribution in [0, 0.1) is 0 Å². The van der Waals surface area contributed by atoms with E-state index in [4.69, 9.17) is 10.5 Å². The van der Waals surface area contributed by atoms with Crippen LogP contribution in [0.2, 0.25) is 0 Å². The topological polar surface area (TPSA) is 81.4 Å². The molecule has 2 aromatic rings. The zero-order valence-corrected chi connectivity index (χ0v) is 11.2. The van der Waals surface area contributed by atoms with Crippen molar-refractivity contribution in [1.29, 1.82) is 0 Å². The summed E-state index contributed by atoms with van der Waals surface area (Å²) in [4.78, 5) is 23.3. The molecule has 3 rings (SSSR count). The van der Waals surface area contributed by atoms with E-state index >= 15 is 0 Å². The molecular formula is C16H14N2O3. The summed E-state index contributed by atoms with van der Waals surface area (Å²) < 4.78 is 5.61. The highest BCUT2D eigenvalue weighted by molar-refractivity contribution is 5.98. The Morgan fingerprint density at radius 2 is 1.95 bits per heavy atom. The fourth-order valence-electron chi connectivity index (χ4n) is 2.30. The van der Waals surface area contributed by atoms with Crippen LogP contribution in [0.4, 0.5) is 5.69 Å². The van der Waals surface area contributed by atoms with E-state index in [-0.39, 0.29) is 5.91 Å². The fraction of sp³-hybridized carbons (Fsp3) is 0.125. The van der Waals surface area contributed by atoms with Crippen LogP contribution in [-0.2, 0) is 11.2 Å². The smallest absolute Gasteiger partial charge is 0.265 e. The number of benzene rings is 2.